The zero-order valence-electron chi connectivity index (χ0n) is 10.9. The van der Waals surface area contributed by atoms with Crippen molar-refractivity contribution in [3.05, 3.63) is 0 Å². The quantitative estimate of drug-likeness (QED) is 0.784. The van der Waals surface area contributed by atoms with Crippen LogP contribution in [0.15, 0.2) is 0 Å². The summed E-state index contributed by atoms with van der Waals surface area (Å²) < 4.78 is 10.8. The fourth-order valence-corrected chi connectivity index (χ4v) is 2.28. The largest absolute Gasteiger partial charge is 0.378 e. The minimum absolute atomic E-state index is 0.476. The zero-order chi connectivity index (χ0) is 12.3. The number of rotatable bonds is 4. The molecule has 0 spiro atoms. The van der Waals surface area contributed by atoms with Gasteiger partial charge in [0.25, 0.3) is 0 Å². The molecule has 2 heterocycles. The van der Waals surface area contributed by atoms with E-state index in [0.717, 1.165) is 39.1 Å². The van der Waals surface area contributed by atoms with Crippen LogP contribution in [0.5, 0.6) is 0 Å². The van der Waals surface area contributed by atoms with Gasteiger partial charge >= 0.3 is 0 Å². The van der Waals surface area contributed by atoms with E-state index in [1.807, 2.05) is 0 Å². The molecule has 4 nitrogen and oxygen atoms in total. The van der Waals surface area contributed by atoms with Crippen LogP contribution in [0.3, 0.4) is 0 Å². The Morgan fingerprint density at radius 3 is 1.65 bits per heavy atom. The third-order valence-corrected chi connectivity index (χ3v) is 3.28. The second-order valence-electron chi connectivity index (χ2n) is 4.78. The Hall–Kier alpha value is -0.160. The summed E-state index contributed by atoms with van der Waals surface area (Å²) in [6.07, 6.45) is 9.27. The second-order valence-corrected chi connectivity index (χ2v) is 4.78. The molecule has 0 aliphatic carbocycles. The highest BCUT2D eigenvalue weighted by Gasteiger charge is 2.13. The van der Waals surface area contributed by atoms with E-state index < -0.39 is 0 Å². The van der Waals surface area contributed by atoms with Crippen molar-refractivity contribution >= 4 is 0 Å². The van der Waals surface area contributed by atoms with Crippen LogP contribution in [0.1, 0.15) is 44.9 Å². The molecule has 2 saturated heterocycles. The summed E-state index contributed by atoms with van der Waals surface area (Å²) in [5.41, 5.74) is 10.7. The van der Waals surface area contributed by atoms with Crippen molar-refractivity contribution in [2.45, 2.75) is 57.2 Å². The first-order chi connectivity index (χ1) is 8.36. The number of hydrogen-bond donors (Lipinski definition) is 2. The first kappa shape index (κ1) is 14.9. The van der Waals surface area contributed by atoms with Gasteiger partial charge in [0.2, 0.25) is 0 Å². The maximum absolute atomic E-state index is 5.44. The van der Waals surface area contributed by atoms with Crippen LogP contribution in [0, 0.1) is 0 Å². The lowest BCUT2D eigenvalue weighted by Gasteiger charge is -2.21. The molecule has 2 atom stereocenters. The highest BCUT2D eigenvalue weighted by molar-refractivity contribution is 4.64. The Kier molecular flexibility index (Phi) is 8.61. The van der Waals surface area contributed by atoms with E-state index in [9.17, 15) is 0 Å². The average Bonchev–Trinajstić information content (AvgIpc) is 2.85. The van der Waals surface area contributed by atoms with E-state index in [0.29, 0.717) is 12.2 Å². The Balaban J connectivity index is 0.000000171. The van der Waals surface area contributed by atoms with Gasteiger partial charge in [-0.2, -0.15) is 0 Å². The summed E-state index contributed by atoms with van der Waals surface area (Å²) in [6, 6.07) is 0. The fraction of sp³-hybridized carbons (Fsp3) is 1.00. The van der Waals surface area contributed by atoms with Gasteiger partial charge in [0.05, 0.1) is 12.2 Å². The predicted octanol–water partition coefficient (Wildman–Crippen LogP) is 1.42. The Morgan fingerprint density at radius 2 is 1.29 bits per heavy atom. The van der Waals surface area contributed by atoms with Gasteiger partial charge in [-0.3, -0.25) is 0 Å². The van der Waals surface area contributed by atoms with E-state index in [4.69, 9.17) is 20.9 Å². The lowest BCUT2D eigenvalue weighted by molar-refractivity contribution is 0.0128. The molecule has 2 aliphatic heterocycles. The monoisotopic (exact) mass is 244 g/mol. The second kappa shape index (κ2) is 9.83. The lowest BCUT2D eigenvalue weighted by Crippen LogP contribution is -2.21. The van der Waals surface area contributed by atoms with E-state index in [-0.39, 0.29) is 0 Å². The Morgan fingerprint density at radius 1 is 0.765 bits per heavy atom. The zero-order valence-corrected chi connectivity index (χ0v) is 10.9. The summed E-state index contributed by atoms with van der Waals surface area (Å²) in [4.78, 5) is 0. The molecule has 4 N–H and O–H groups in total. The van der Waals surface area contributed by atoms with E-state index in [1.165, 1.54) is 32.1 Å². The molecule has 0 saturated carbocycles. The standard InChI is InChI=1S/C7H15NO.C6H13NO/c8-5-4-7-3-1-2-6-9-7;7-4-3-6-2-1-5-8-6/h7H,1-6,8H2;6H,1-5,7H2. The molecule has 4 heteroatoms. The SMILES string of the molecule is NCCC1CCCCO1.NCCC1CCCO1. The van der Waals surface area contributed by atoms with E-state index >= 15 is 0 Å². The average molecular weight is 244 g/mol. The van der Waals surface area contributed by atoms with Crippen molar-refractivity contribution in [2.24, 2.45) is 11.5 Å². The van der Waals surface area contributed by atoms with Crippen LogP contribution in [0.25, 0.3) is 0 Å². The molecule has 0 amide bonds. The number of ether oxygens (including phenoxy) is 2. The summed E-state index contributed by atoms with van der Waals surface area (Å²) in [5, 5.41) is 0. The molecule has 0 aromatic carbocycles. The Bertz CT molecular complexity index is 164. The van der Waals surface area contributed by atoms with Crippen molar-refractivity contribution in [1.29, 1.82) is 0 Å². The summed E-state index contributed by atoms with van der Waals surface area (Å²) >= 11 is 0. The van der Waals surface area contributed by atoms with Gasteiger partial charge in [0, 0.05) is 13.2 Å². The van der Waals surface area contributed by atoms with Gasteiger partial charge in [-0.25, -0.2) is 0 Å². The third-order valence-electron chi connectivity index (χ3n) is 3.28. The molecule has 0 radical (unpaired) electrons. The highest BCUT2D eigenvalue weighted by atomic mass is 16.5. The van der Waals surface area contributed by atoms with Crippen molar-refractivity contribution in [1.82, 2.24) is 0 Å². The van der Waals surface area contributed by atoms with Crippen LogP contribution < -0.4 is 11.5 Å². The van der Waals surface area contributed by atoms with Crippen molar-refractivity contribution in [3.8, 4) is 0 Å². The predicted molar refractivity (Wildman–Crippen MR) is 69.9 cm³/mol. The summed E-state index contributed by atoms with van der Waals surface area (Å²) in [6.45, 7) is 3.44. The van der Waals surface area contributed by atoms with Crippen LogP contribution >= 0.6 is 0 Å². The molecule has 17 heavy (non-hydrogen) atoms. The molecular weight excluding hydrogens is 216 g/mol. The van der Waals surface area contributed by atoms with Crippen molar-refractivity contribution in [3.63, 3.8) is 0 Å². The smallest absolute Gasteiger partial charge is 0.0588 e. The molecule has 2 aliphatic rings. The van der Waals surface area contributed by atoms with Crippen LogP contribution in [-0.2, 0) is 9.47 Å². The summed E-state index contributed by atoms with van der Waals surface area (Å²) in [7, 11) is 0. The van der Waals surface area contributed by atoms with Crippen molar-refractivity contribution < 1.29 is 9.47 Å². The van der Waals surface area contributed by atoms with E-state index in [1.54, 1.807) is 0 Å². The lowest BCUT2D eigenvalue weighted by atomic mass is 10.1. The van der Waals surface area contributed by atoms with Crippen LogP contribution in [0.4, 0.5) is 0 Å². The minimum atomic E-state index is 0.476. The van der Waals surface area contributed by atoms with Crippen LogP contribution in [0.2, 0.25) is 0 Å². The van der Waals surface area contributed by atoms with Gasteiger partial charge < -0.3 is 20.9 Å². The van der Waals surface area contributed by atoms with Crippen molar-refractivity contribution in [2.75, 3.05) is 26.3 Å². The Labute approximate surface area is 105 Å². The first-order valence-electron chi connectivity index (χ1n) is 7.00. The van der Waals surface area contributed by atoms with Crippen LogP contribution in [-0.4, -0.2) is 38.5 Å². The highest BCUT2D eigenvalue weighted by Crippen LogP contribution is 2.14. The number of nitrogens with two attached hydrogens (primary N) is 2. The topological polar surface area (TPSA) is 70.5 Å². The maximum atomic E-state index is 5.44. The first-order valence-corrected chi connectivity index (χ1v) is 7.00. The van der Waals surface area contributed by atoms with Gasteiger partial charge in [-0.1, -0.05) is 0 Å². The minimum Gasteiger partial charge on any atom is -0.378 e. The molecule has 2 fully saturated rings. The molecule has 0 aromatic rings. The van der Waals surface area contributed by atoms with Gasteiger partial charge in [-0.15, -0.1) is 0 Å². The number of hydrogen-bond acceptors (Lipinski definition) is 4. The van der Waals surface area contributed by atoms with Gasteiger partial charge in [0.1, 0.15) is 0 Å². The maximum Gasteiger partial charge on any atom is 0.0588 e. The molecule has 0 aromatic heterocycles. The van der Waals surface area contributed by atoms with Gasteiger partial charge in [-0.05, 0) is 58.0 Å². The normalized spacial score (nSPS) is 28.6. The third kappa shape index (κ3) is 6.99. The molecule has 2 rings (SSSR count). The molecular formula is C13H28N2O2. The van der Waals surface area contributed by atoms with E-state index in [2.05, 4.69) is 0 Å². The summed E-state index contributed by atoms with van der Waals surface area (Å²) in [5.74, 6) is 0. The fourth-order valence-electron chi connectivity index (χ4n) is 2.28. The molecule has 0 bridgehead atoms. The van der Waals surface area contributed by atoms with Gasteiger partial charge in [0.15, 0.2) is 0 Å². The molecule has 102 valence electrons. The molecule has 2 unspecified atom stereocenters.